The van der Waals surface area contributed by atoms with Crippen molar-refractivity contribution in [2.24, 2.45) is 5.10 Å². The molecule has 0 aliphatic heterocycles. The van der Waals surface area contributed by atoms with Crippen molar-refractivity contribution in [3.63, 3.8) is 0 Å². The summed E-state index contributed by atoms with van der Waals surface area (Å²) >= 11 is 3.39. The maximum absolute atomic E-state index is 12.1. The van der Waals surface area contributed by atoms with E-state index in [-0.39, 0.29) is 5.91 Å². The molecule has 0 bridgehead atoms. The Kier molecular flexibility index (Phi) is 4.24. The van der Waals surface area contributed by atoms with Crippen LogP contribution in [0.25, 0.3) is 0 Å². The van der Waals surface area contributed by atoms with Crippen LogP contribution in [0.4, 0.5) is 0 Å². The van der Waals surface area contributed by atoms with Crippen LogP contribution in [0.5, 0.6) is 5.75 Å². The van der Waals surface area contributed by atoms with Gasteiger partial charge < -0.3 is 4.74 Å². The molecule has 1 heterocycles. The predicted molar refractivity (Wildman–Crippen MR) is 86.4 cm³/mol. The number of halogens is 1. The summed E-state index contributed by atoms with van der Waals surface area (Å²) in [6.07, 6.45) is 4.45. The largest absolute Gasteiger partial charge is 0.496 e. The molecular formula is C15H15BrN4O2. The fraction of sp³-hybridized carbons (Fsp3) is 0.267. The maximum atomic E-state index is 12.1. The van der Waals surface area contributed by atoms with E-state index in [2.05, 4.69) is 36.7 Å². The van der Waals surface area contributed by atoms with Crippen molar-refractivity contribution in [3.8, 4) is 5.75 Å². The van der Waals surface area contributed by atoms with Gasteiger partial charge in [-0.2, -0.15) is 10.2 Å². The Labute approximate surface area is 136 Å². The Morgan fingerprint density at radius 3 is 3.18 bits per heavy atom. The lowest BCUT2D eigenvalue weighted by atomic mass is 10.2. The van der Waals surface area contributed by atoms with Gasteiger partial charge in [0.1, 0.15) is 5.75 Å². The van der Waals surface area contributed by atoms with Gasteiger partial charge in [-0.1, -0.05) is 15.9 Å². The quantitative estimate of drug-likeness (QED) is 0.647. The smallest absolute Gasteiger partial charge is 0.292 e. The average molecular weight is 363 g/mol. The van der Waals surface area contributed by atoms with Crippen molar-refractivity contribution < 1.29 is 9.53 Å². The van der Waals surface area contributed by atoms with Crippen LogP contribution in [0.15, 0.2) is 27.8 Å². The van der Waals surface area contributed by atoms with Crippen LogP contribution in [0, 0.1) is 0 Å². The van der Waals surface area contributed by atoms with Crippen molar-refractivity contribution in [2.75, 3.05) is 7.11 Å². The molecule has 6 nitrogen and oxygen atoms in total. The van der Waals surface area contributed by atoms with E-state index < -0.39 is 0 Å². The lowest BCUT2D eigenvalue weighted by Gasteiger charge is -2.04. The number of nitrogens with zero attached hydrogens (tertiary/aromatic N) is 2. The number of aromatic amines is 1. The fourth-order valence-corrected chi connectivity index (χ4v) is 2.91. The third-order valence-corrected chi connectivity index (χ3v) is 4.08. The molecule has 1 aliphatic carbocycles. The van der Waals surface area contributed by atoms with Crippen LogP contribution in [0.2, 0.25) is 0 Å². The number of amides is 1. The highest BCUT2D eigenvalue weighted by Gasteiger charge is 2.22. The normalized spacial score (nSPS) is 13.4. The number of H-pyrrole nitrogens is 1. The highest BCUT2D eigenvalue weighted by atomic mass is 79.9. The molecule has 1 aromatic heterocycles. The summed E-state index contributed by atoms with van der Waals surface area (Å²) in [5.41, 5.74) is 5.78. The third kappa shape index (κ3) is 2.89. The lowest BCUT2D eigenvalue weighted by Crippen LogP contribution is -2.19. The number of hydrazone groups is 1. The summed E-state index contributed by atoms with van der Waals surface area (Å²) in [5.74, 6) is 0.381. The number of methoxy groups -OCH3 is 1. The summed E-state index contributed by atoms with van der Waals surface area (Å²) < 4.78 is 6.16. The Morgan fingerprint density at radius 2 is 2.36 bits per heavy atom. The molecule has 0 unspecified atom stereocenters. The number of rotatable bonds is 4. The Hall–Kier alpha value is -2.15. The molecule has 0 saturated carbocycles. The van der Waals surface area contributed by atoms with Crippen LogP contribution < -0.4 is 10.2 Å². The topological polar surface area (TPSA) is 79.4 Å². The number of hydrogen-bond acceptors (Lipinski definition) is 4. The zero-order valence-corrected chi connectivity index (χ0v) is 13.6. The number of aromatic nitrogens is 2. The number of fused-ring (bicyclic) bond motifs is 1. The standard InChI is InChI=1S/C15H15BrN4O2/c1-22-13-6-5-10(16)7-9(13)8-17-20-15(21)14-11-3-2-4-12(11)18-19-14/h5-8H,2-4H2,1H3,(H,18,19)(H,20,21). The van der Waals surface area contributed by atoms with Gasteiger partial charge >= 0.3 is 0 Å². The van der Waals surface area contributed by atoms with E-state index in [0.29, 0.717) is 11.4 Å². The van der Waals surface area contributed by atoms with E-state index in [1.54, 1.807) is 13.3 Å². The summed E-state index contributed by atoms with van der Waals surface area (Å²) in [6.45, 7) is 0. The molecule has 0 fully saturated rings. The molecule has 114 valence electrons. The number of hydrogen-bond donors (Lipinski definition) is 2. The molecule has 1 aromatic carbocycles. The van der Waals surface area contributed by atoms with E-state index in [1.807, 2.05) is 18.2 Å². The molecule has 3 rings (SSSR count). The van der Waals surface area contributed by atoms with Crippen LogP contribution in [-0.2, 0) is 12.8 Å². The van der Waals surface area contributed by atoms with Crippen molar-refractivity contribution in [2.45, 2.75) is 19.3 Å². The minimum absolute atomic E-state index is 0.301. The first-order valence-electron chi connectivity index (χ1n) is 6.92. The van der Waals surface area contributed by atoms with E-state index in [0.717, 1.165) is 40.6 Å². The first-order valence-corrected chi connectivity index (χ1v) is 7.71. The van der Waals surface area contributed by atoms with Crippen LogP contribution >= 0.6 is 15.9 Å². The van der Waals surface area contributed by atoms with Gasteiger partial charge in [0.25, 0.3) is 5.91 Å². The molecule has 1 amide bonds. The van der Waals surface area contributed by atoms with Gasteiger partial charge in [0.05, 0.1) is 13.3 Å². The van der Waals surface area contributed by atoms with Gasteiger partial charge in [-0.25, -0.2) is 5.43 Å². The van der Waals surface area contributed by atoms with E-state index >= 15 is 0 Å². The summed E-state index contributed by atoms with van der Waals surface area (Å²) in [7, 11) is 1.59. The predicted octanol–water partition coefficient (Wildman–Crippen LogP) is 2.43. The minimum atomic E-state index is -0.301. The third-order valence-electron chi connectivity index (χ3n) is 3.58. The molecule has 0 atom stereocenters. The monoisotopic (exact) mass is 362 g/mol. The Balaban J connectivity index is 1.72. The fourth-order valence-electron chi connectivity index (χ4n) is 2.53. The van der Waals surface area contributed by atoms with Crippen LogP contribution in [0.1, 0.15) is 33.7 Å². The number of benzene rings is 1. The number of carbonyl (C=O) groups is 1. The minimum Gasteiger partial charge on any atom is -0.496 e. The van der Waals surface area contributed by atoms with Gasteiger partial charge in [0.2, 0.25) is 0 Å². The molecule has 22 heavy (non-hydrogen) atoms. The van der Waals surface area contributed by atoms with Crippen LogP contribution in [0.3, 0.4) is 0 Å². The first kappa shape index (κ1) is 14.8. The highest BCUT2D eigenvalue weighted by molar-refractivity contribution is 9.10. The maximum Gasteiger partial charge on any atom is 0.292 e. The second kappa shape index (κ2) is 6.31. The second-order valence-corrected chi connectivity index (χ2v) is 5.88. The summed E-state index contributed by atoms with van der Waals surface area (Å²) in [5, 5.41) is 11.0. The van der Waals surface area contributed by atoms with Gasteiger partial charge in [-0.3, -0.25) is 9.89 Å². The number of carbonyl (C=O) groups excluding carboxylic acids is 1. The van der Waals surface area contributed by atoms with Crippen molar-refractivity contribution in [1.29, 1.82) is 0 Å². The molecular weight excluding hydrogens is 348 g/mol. The van der Waals surface area contributed by atoms with Gasteiger partial charge in [-0.05, 0) is 37.5 Å². The van der Waals surface area contributed by atoms with Crippen molar-refractivity contribution in [3.05, 3.63) is 45.2 Å². The molecule has 2 aromatic rings. The molecule has 2 N–H and O–H groups in total. The van der Waals surface area contributed by atoms with E-state index in [1.165, 1.54) is 0 Å². The second-order valence-electron chi connectivity index (χ2n) is 4.97. The molecule has 1 aliphatic rings. The van der Waals surface area contributed by atoms with Gasteiger partial charge in [0.15, 0.2) is 5.69 Å². The zero-order chi connectivity index (χ0) is 15.5. The molecule has 0 saturated heterocycles. The summed E-state index contributed by atoms with van der Waals surface area (Å²) in [4.78, 5) is 12.1. The Bertz CT molecular complexity index is 739. The van der Waals surface area contributed by atoms with Gasteiger partial charge in [-0.15, -0.1) is 0 Å². The van der Waals surface area contributed by atoms with E-state index in [4.69, 9.17) is 4.74 Å². The molecule has 0 radical (unpaired) electrons. The highest BCUT2D eigenvalue weighted by Crippen LogP contribution is 2.23. The Morgan fingerprint density at radius 1 is 1.50 bits per heavy atom. The zero-order valence-electron chi connectivity index (χ0n) is 12.0. The van der Waals surface area contributed by atoms with Crippen molar-refractivity contribution in [1.82, 2.24) is 15.6 Å². The molecule has 7 heteroatoms. The average Bonchev–Trinajstić information content (AvgIpc) is 3.10. The molecule has 0 spiro atoms. The SMILES string of the molecule is COc1ccc(Br)cc1C=NNC(=O)c1n[nH]c2c1CCC2. The first-order chi connectivity index (χ1) is 10.7. The van der Waals surface area contributed by atoms with Gasteiger partial charge in [0, 0.05) is 21.3 Å². The number of nitrogens with one attached hydrogen (secondary N) is 2. The lowest BCUT2D eigenvalue weighted by molar-refractivity contribution is 0.0949. The summed E-state index contributed by atoms with van der Waals surface area (Å²) in [6, 6.07) is 5.57. The van der Waals surface area contributed by atoms with Crippen LogP contribution in [-0.4, -0.2) is 29.4 Å². The van der Waals surface area contributed by atoms with E-state index in [9.17, 15) is 4.79 Å². The number of ether oxygens (including phenoxy) is 1. The number of aryl methyl sites for hydroxylation is 1. The van der Waals surface area contributed by atoms with Crippen molar-refractivity contribution >= 4 is 28.1 Å².